The summed E-state index contributed by atoms with van der Waals surface area (Å²) in [4.78, 5) is 0. The number of rotatable bonds is 5. The maximum atomic E-state index is 13.6. The Kier molecular flexibility index (Phi) is 4.38. The minimum atomic E-state index is -3.01. The van der Waals surface area contributed by atoms with Gasteiger partial charge in [-0.1, -0.05) is 20.4 Å². The molecule has 0 fully saturated rings. The fraction of sp³-hybridized carbons (Fsp3) is 0.538. The number of ether oxygens (including phenoxy) is 1. The van der Waals surface area contributed by atoms with Crippen molar-refractivity contribution in [1.29, 1.82) is 0 Å². The molecule has 100 valence electrons. The Hall–Kier alpha value is -1.52. The van der Waals surface area contributed by atoms with Crippen LogP contribution in [0.25, 0.3) is 5.76 Å². The normalized spacial score (nSPS) is 11.7. The van der Waals surface area contributed by atoms with E-state index in [0.717, 1.165) is 6.92 Å². The highest BCUT2D eigenvalue weighted by Crippen LogP contribution is 2.33. The predicted octanol–water partition coefficient (Wildman–Crippen LogP) is 3.72. The number of nitrogens with zero attached hydrogens (tertiary/aromatic N) is 2. The molecule has 0 saturated heterocycles. The van der Waals surface area contributed by atoms with Gasteiger partial charge in [-0.2, -0.15) is 5.10 Å². The topological polar surface area (TPSA) is 35.0 Å². The molecule has 0 aliphatic rings. The second-order valence-corrected chi connectivity index (χ2v) is 4.43. The number of halogens is 2. The van der Waals surface area contributed by atoms with E-state index in [9.17, 15) is 8.78 Å². The van der Waals surface area contributed by atoms with Crippen LogP contribution >= 0.6 is 0 Å². The summed E-state index contributed by atoms with van der Waals surface area (Å²) < 4.78 is 32.3. The standard InChI is InChI=1S/C13H18F2N2O/c1-6-18-9(4)12-10(13(5,14)15)7-11(8(2)3)16-17-12/h7-8H,4,6H2,1-3,5H3. The van der Waals surface area contributed by atoms with Crippen molar-refractivity contribution in [3.8, 4) is 0 Å². The summed E-state index contributed by atoms with van der Waals surface area (Å²) >= 11 is 0. The molecule has 0 radical (unpaired) electrons. The highest BCUT2D eigenvalue weighted by molar-refractivity contribution is 5.57. The van der Waals surface area contributed by atoms with Crippen LogP contribution in [0, 0.1) is 0 Å². The van der Waals surface area contributed by atoms with Gasteiger partial charge in [0.1, 0.15) is 11.5 Å². The zero-order chi connectivity index (χ0) is 13.9. The van der Waals surface area contributed by atoms with E-state index in [1.807, 2.05) is 13.8 Å². The molecule has 18 heavy (non-hydrogen) atoms. The van der Waals surface area contributed by atoms with Crippen molar-refractivity contribution in [2.75, 3.05) is 6.61 Å². The molecule has 0 aromatic carbocycles. The lowest BCUT2D eigenvalue weighted by atomic mass is 10.0. The molecular weight excluding hydrogens is 238 g/mol. The second-order valence-electron chi connectivity index (χ2n) is 4.43. The second kappa shape index (κ2) is 5.42. The fourth-order valence-corrected chi connectivity index (χ4v) is 1.47. The summed E-state index contributed by atoms with van der Waals surface area (Å²) in [5, 5.41) is 7.76. The smallest absolute Gasteiger partial charge is 0.272 e. The zero-order valence-electron chi connectivity index (χ0n) is 11.1. The molecule has 0 N–H and O–H groups in total. The van der Waals surface area contributed by atoms with E-state index in [1.165, 1.54) is 6.07 Å². The van der Waals surface area contributed by atoms with Gasteiger partial charge in [-0.25, -0.2) is 8.78 Å². The van der Waals surface area contributed by atoms with Crippen molar-refractivity contribution < 1.29 is 13.5 Å². The van der Waals surface area contributed by atoms with Gasteiger partial charge in [0.2, 0.25) is 0 Å². The van der Waals surface area contributed by atoms with Crippen LogP contribution in [0.1, 0.15) is 50.6 Å². The molecule has 0 atom stereocenters. The van der Waals surface area contributed by atoms with Crippen molar-refractivity contribution >= 4 is 5.76 Å². The summed E-state index contributed by atoms with van der Waals surface area (Å²) in [6.07, 6.45) is 0. The molecular formula is C13H18F2N2O. The molecule has 1 rings (SSSR count). The van der Waals surface area contributed by atoms with E-state index in [4.69, 9.17) is 4.74 Å². The van der Waals surface area contributed by atoms with Crippen LogP contribution in [0.15, 0.2) is 12.6 Å². The summed E-state index contributed by atoms with van der Waals surface area (Å²) in [5.74, 6) is -2.85. The van der Waals surface area contributed by atoms with Crippen LogP contribution in [-0.2, 0) is 10.7 Å². The molecule has 1 heterocycles. The summed E-state index contributed by atoms with van der Waals surface area (Å²) in [5.41, 5.74) is 0.355. The van der Waals surface area contributed by atoms with E-state index in [0.29, 0.717) is 12.3 Å². The minimum Gasteiger partial charge on any atom is -0.492 e. The predicted molar refractivity (Wildman–Crippen MR) is 66.3 cm³/mol. The van der Waals surface area contributed by atoms with Crippen LogP contribution in [-0.4, -0.2) is 16.8 Å². The molecule has 3 nitrogen and oxygen atoms in total. The molecule has 0 aliphatic carbocycles. The molecule has 1 aromatic heterocycles. The van der Waals surface area contributed by atoms with Crippen LogP contribution in [0.4, 0.5) is 8.78 Å². The lowest BCUT2D eigenvalue weighted by Crippen LogP contribution is -2.15. The van der Waals surface area contributed by atoms with Crippen molar-refractivity contribution in [2.24, 2.45) is 0 Å². The third-order valence-corrected chi connectivity index (χ3v) is 2.46. The lowest BCUT2D eigenvalue weighted by molar-refractivity contribution is 0.0161. The Morgan fingerprint density at radius 2 is 2.06 bits per heavy atom. The summed E-state index contributed by atoms with van der Waals surface area (Å²) in [6, 6.07) is 1.37. The van der Waals surface area contributed by atoms with E-state index in [2.05, 4.69) is 16.8 Å². The van der Waals surface area contributed by atoms with E-state index in [1.54, 1.807) is 6.92 Å². The zero-order valence-corrected chi connectivity index (χ0v) is 11.1. The first-order chi connectivity index (χ1) is 8.27. The average Bonchev–Trinajstić information content (AvgIpc) is 2.27. The highest BCUT2D eigenvalue weighted by Gasteiger charge is 2.31. The quantitative estimate of drug-likeness (QED) is 0.753. The maximum absolute atomic E-state index is 13.6. The van der Waals surface area contributed by atoms with Gasteiger partial charge < -0.3 is 4.74 Å². The molecule has 1 aromatic rings. The largest absolute Gasteiger partial charge is 0.492 e. The van der Waals surface area contributed by atoms with Gasteiger partial charge in [0.05, 0.1) is 17.9 Å². The van der Waals surface area contributed by atoms with Gasteiger partial charge in [0.25, 0.3) is 5.92 Å². The Bertz CT molecular complexity index is 439. The van der Waals surface area contributed by atoms with Crippen molar-refractivity contribution in [1.82, 2.24) is 10.2 Å². The number of aromatic nitrogens is 2. The van der Waals surface area contributed by atoms with Gasteiger partial charge in [-0.3, -0.25) is 0 Å². The Balaban J connectivity index is 3.30. The molecule has 0 bridgehead atoms. The van der Waals surface area contributed by atoms with Gasteiger partial charge in [-0.05, 0) is 18.9 Å². The maximum Gasteiger partial charge on any atom is 0.272 e. The van der Waals surface area contributed by atoms with E-state index < -0.39 is 5.92 Å². The fourth-order valence-electron chi connectivity index (χ4n) is 1.47. The first kappa shape index (κ1) is 14.5. The molecule has 0 unspecified atom stereocenters. The molecule has 0 aliphatic heterocycles. The average molecular weight is 256 g/mol. The third-order valence-electron chi connectivity index (χ3n) is 2.46. The summed E-state index contributed by atoms with van der Waals surface area (Å²) in [6.45, 7) is 10.3. The van der Waals surface area contributed by atoms with Crippen molar-refractivity contribution in [3.63, 3.8) is 0 Å². The monoisotopic (exact) mass is 256 g/mol. The van der Waals surface area contributed by atoms with Crippen molar-refractivity contribution in [3.05, 3.63) is 29.6 Å². The molecule has 0 amide bonds. The Labute approximate surface area is 106 Å². The number of hydrogen-bond acceptors (Lipinski definition) is 3. The van der Waals surface area contributed by atoms with E-state index >= 15 is 0 Å². The number of alkyl halides is 2. The Morgan fingerprint density at radius 3 is 2.50 bits per heavy atom. The molecule has 5 heteroatoms. The summed E-state index contributed by atoms with van der Waals surface area (Å²) in [7, 11) is 0. The highest BCUT2D eigenvalue weighted by atomic mass is 19.3. The van der Waals surface area contributed by atoms with Gasteiger partial charge in [-0.15, -0.1) is 5.10 Å². The van der Waals surface area contributed by atoms with Gasteiger partial charge >= 0.3 is 0 Å². The Morgan fingerprint density at radius 1 is 1.44 bits per heavy atom. The lowest BCUT2D eigenvalue weighted by Gasteiger charge is -2.17. The van der Waals surface area contributed by atoms with Crippen LogP contribution in [0.5, 0.6) is 0 Å². The molecule has 0 saturated carbocycles. The van der Waals surface area contributed by atoms with Crippen molar-refractivity contribution in [2.45, 2.75) is 39.5 Å². The van der Waals surface area contributed by atoms with Crippen LogP contribution in [0.2, 0.25) is 0 Å². The van der Waals surface area contributed by atoms with E-state index in [-0.39, 0.29) is 22.9 Å². The van der Waals surface area contributed by atoms with Gasteiger partial charge in [0, 0.05) is 6.92 Å². The molecule has 0 spiro atoms. The van der Waals surface area contributed by atoms with Crippen LogP contribution in [0.3, 0.4) is 0 Å². The first-order valence-electron chi connectivity index (χ1n) is 5.85. The first-order valence-corrected chi connectivity index (χ1v) is 5.85. The minimum absolute atomic E-state index is 0.0220. The SMILES string of the molecule is C=C(OCC)c1nnc(C(C)C)cc1C(C)(F)F. The number of hydrogen-bond donors (Lipinski definition) is 0. The van der Waals surface area contributed by atoms with Gasteiger partial charge in [0.15, 0.2) is 0 Å². The third kappa shape index (κ3) is 3.24. The van der Waals surface area contributed by atoms with Crippen LogP contribution < -0.4 is 0 Å².